The van der Waals surface area contributed by atoms with Crippen LogP contribution in [0.15, 0.2) is 12.3 Å². The molecule has 1 aromatic rings. The van der Waals surface area contributed by atoms with Gasteiger partial charge in [-0.3, -0.25) is 4.79 Å². The lowest BCUT2D eigenvalue weighted by Crippen LogP contribution is -2.46. The number of likely N-dealkylation sites (tertiary alicyclic amines) is 1. The van der Waals surface area contributed by atoms with E-state index in [9.17, 15) is 9.59 Å². The molecule has 1 aliphatic heterocycles. The zero-order chi connectivity index (χ0) is 18.4. The van der Waals surface area contributed by atoms with Gasteiger partial charge in [0.25, 0.3) is 0 Å². The van der Waals surface area contributed by atoms with Gasteiger partial charge in [-0.2, -0.15) is 5.10 Å². The minimum absolute atomic E-state index is 0.0168. The largest absolute Gasteiger partial charge is 0.338 e. The molecule has 0 saturated carbocycles. The average molecular weight is 349 g/mol. The zero-order valence-electron chi connectivity index (χ0n) is 15.8. The van der Waals surface area contributed by atoms with E-state index in [0.29, 0.717) is 25.4 Å². The number of rotatable bonds is 6. The van der Waals surface area contributed by atoms with E-state index >= 15 is 0 Å². The monoisotopic (exact) mass is 349 g/mol. The predicted octanol–water partition coefficient (Wildman–Crippen LogP) is 2.87. The number of hydrogen-bond donors (Lipinski definition) is 2. The number of carbonyl (C=O) groups excluding carboxylic acids is 2. The minimum Gasteiger partial charge on any atom is -0.338 e. The van der Waals surface area contributed by atoms with Gasteiger partial charge in [0.2, 0.25) is 5.91 Å². The average Bonchev–Trinajstić information content (AvgIpc) is 3.01. The van der Waals surface area contributed by atoms with Crippen LogP contribution in [-0.2, 0) is 4.79 Å². The molecule has 2 heterocycles. The molecule has 1 aliphatic rings. The van der Waals surface area contributed by atoms with Gasteiger partial charge >= 0.3 is 6.03 Å². The number of hydrogen-bond acceptors (Lipinski definition) is 3. The van der Waals surface area contributed by atoms with Crippen LogP contribution in [0.5, 0.6) is 0 Å². The maximum atomic E-state index is 12.4. The van der Waals surface area contributed by atoms with Crippen molar-refractivity contribution in [1.29, 1.82) is 0 Å². The third-order valence-corrected chi connectivity index (χ3v) is 4.37. The first-order chi connectivity index (χ1) is 11.9. The normalized spacial score (nSPS) is 17.8. The maximum Gasteiger partial charge on any atom is 0.317 e. The summed E-state index contributed by atoms with van der Waals surface area (Å²) in [5, 5.41) is 10.1. The molecule has 0 bridgehead atoms. The molecule has 0 unspecified atom stereocenters. The summed E-state index contributed by atoms with van der Waals surface area (Å²) in [5.74, 6) is 1.34. The van der Waals surface area contributed by atoms with E-state index in [0.717, 1.165) is 25.2 Å². The summed E-state index contributed by atoms with van der Waals surface area (Å²) < 4.78 is 1.80. The quantitative estimate of drug-likeness (QED) is 0.829. The van der Waals surface area contributed by atoms with Crippen molar-refractivity contribution in [3.8, 4) is 0 Å². The molecule has 7 nitrogen and oxygen atoms in total. The molecule has 1 atom stereocenters. The standard InChI is InChI=1S/C18H31N5O2/c1-13(2)11-19-18(25)22-9-5-6-15(12-22)10-17(24)21-16-7-8-20-23(16)14(3)4/h7-8,13-15H,5-6,9-12H2,1-4H3,(H,19,25)(H,21,24)/t15-/m0/s1. The van der Waals surface area contributed by atoms with Crippen molar-refractivity contribution < 1.29 is 9.59 Å². The van der Waals surface area contributed by atoms with Crippen molar-refractivity contribution >= 4 is 17.8 Å². The van der Waals surface area contributed by atoms with E-state index < -0.39 is 0 Å². The highest BCUT2D eigenvalue weighted by Crippen LogP contribution is 2.21. The molecule has 0 radical (unpaired) electrons. The Morgan fingerprint density at radius 1 is 1.32 bits per heavy atom. The van der Waals surface area contributed by atoms with Crippen LogP contribution in [0.25, 0.3) is 0 Å². The van der Waals surface area contributed by atoms with Crippen molar-refractivity contribution in [3.05, 3.63) is 12.3 Å². The van der Waals surface area contributed by atoms with Crippen molar-refractivity contribution in [3.63, 3.8) is 0 Å². The molecule has 140 valence electrons. The zero-order valence-corrected chi connectivity index (χ0v) is 15.8. The summed E-state index contributed by atoms with van der Waals surface area (Å²) >= 11 is 0. The molecule has 2 rings (SSSR count). The Morgan fingerprint density at radius 2 is 2.08 bits per heavy atom. The van der Waals surface area contributed by atoms with E-state index in [1.807, 2.05) is 24.8 Å². The van der Waals surface area contributed by atoms with Crippen molar-refractivity contribution in [2.24, 2.45) is 11.8 Å². The van der Waals surface area contributed by atoms with Crippen LogP contribution in [0.2, 0.25) is 0 Å². The predicted molar refractivity (Wildman–Crippen MR) is 98.4 cm³/mol. The van der Waals surface area contributed by atoms with Gasteiger partial charge in [-0.25, -0.2) is 9.48 Å². The van der Waals surface area contributed by atoms with E-state index in [2.05, 4.69) is 29.6 Å². The first kappa shape index (κ1) is 19.3. The lowest BCUT2D eigenvalue weighted by atomic mass is 9.94. The van der Waals surface area contributed by atoms with Crippen LogP contribution in [0, 0.1) is 11.8 Å². The van der Waals surface area contributed by atoms with Gasteiger partial charge in [0.05, 0.1) is 6.20 Å². The number of nitrogens with zero attached hydrogens (tertiary/aromatic N) is 3. The SMILES string of the molecule is CC(C)CNC(=O)N1CCC[C@@H](CC(=O)Nc2ccnn2C(C)C)C1. The van der Waals surface area contributed by atoms with Crippen LogP contribution in [0.4, 0.5) is 10.6 Å². The Hall–Kier alpha value is -2.05. The molecule has 25 heavy (non-hydrogen) atoms. The van der Waals surface area contributed by atoms with Crippen LogP contribution < -0.4 is 10.6 Å². The van der Waals surface area contributed by atoms with Gasteiger partial charge in [0.15, 0.2) is 0 Å². The number of aromatic nitrogens is 2. The molecule has 7 heteroatoms. The van der Waals surface area contributed by atoms with Crippen LogP contribution >= 0.6 is 0 Å². The highest BCUT2D eigenvalue weighted by Gasteiger charge is 2.25. The highest BCUT2D eigenvalue weighted by atomic mass is 16.2. The van der Waals surface area contributed by atoms with Crippen LogP contribution in [0.3, 0.4) is 0 Å². The molecule has 2 N–H and O–H groups in total. The summed E-state index contributed by atoms with van der Waals surface area (Å²) in [4.78, 5) is 26.4. The summed E-state index contributed by atoms with van der Waals surface area (Å²) in [6.07, 6.45) is 4.04. The fourth-order valence-corrected chi connectivity index (χ4v) is 3.10. The summed E-state index contributed by atoms with van der Waals surface area (Å²) in [5.41, 5.74) is 0. The molecule has 1 saturated heterocycles. The summed E-state index contributed by atoms with van der Waals surface area (Å²) in [6, 6.07) is 1.99. The third kappa shape index (κ3) is 5.76. The molecule has 1 aromatic heterocycles. The Balaban J connectivity index is 1.84. The molecular weight excluding hydrogens is 318 g/mol. The molecule has 1 fully saturated rings. The summed E-state index contributed by atoms with van der Waals surface area (Å²) in [6.45, 7) is 10.3. The van der Waals surface area contributed by atoms with E-state index in [-0.39, 0.29) is 23.9 Å². The van der Waals surface area contributed by atoms with Crippen molar-refractivity contribution in [2.45, 2.75) is 53.0 Å². The third-order valence-electron chi connectivity index (χ3n) is 4.37. The Kier molecular flexibility index (Phi) is 6.84. The molecule has 0 spiro atoms. The van der Waals surface area contributed by atoms with Gasteiger partial charge < -0.3 is 15.5 Å². The van der Waals surface area contributed by atoms with Crippen molar-refractivity contribution in [2.75, 3.05) is 25.0 Å². The first-order valence-electron chi connectivity index (χ1n) is 9.23. The molecular formula is C18H31N5O2. The lowest BCUT2D eigenvalue weighted by Gasteiger charge is -2.32. The Morgan fingerprint density at radius 3 is 2.76 bits per heavy atom. The van der Waals surface area contributed by atoms with Gasteiger partial charge in [0, 0.05) is 38.2 Å². The van der Waals surface area contributed by atoms with E-state index in [1.54, 1.807) is 10.9 Å². The van der Waals surface area contributed by atoms with Gasteiger partial charge in [0.1, 0.15) is 5.82 Å². The second kappa shape index (κ2) is 8.87. The van der Waals surface area contributed by atoms with Gasteiger partial charge in [-0.05, 0) is 38.5 Å². The number of urea groups is 1. The maximum absolute atomic E-state index is 12.4. The smallest absolute Gasteiger partial charge is 0.317 e. The van der Waals surface area contributed by atoms with Gasteiger partial charge in [-0.1, -0.05) is 13.8 Å². The molecule has 3 amide bonds. The Bertz CT molecular complexity index is 582. The number of anilines is 1. The number of carbonyl (C=O) groups is 2. The molecule has 0 aromatic carbocycles. The second-order valence-electron chi connectivity index (χ2n) is 7.54. The number of piperidine rings is 1. The van der Waals surface area contributed by atoms with E-state index in [1.165, 1.54) is 0 Å². The van der Waals surface area contributed by atoms with Crippen LogP contribution in [0.1, 0.15) is 53.0 Å². The highest BCUT2D eigenvalue weighted by molar-refractivity contribution is 5.90. The second-order valence-corrected chi connectivity index (χ2v) is 7.54. The lowest BCUT2D eigenvalue weighted by molar-refractivity contribution is -0.117. The first-order valence-corrected chi connectivity index (χ1v) is 9.23. The molecule has 0 aliphatic carbocycles. The van der Waals surface area contributed by atoms with Crippen molar-refractivity contribution in [1.82, 2.24) is 20.0 Å². The number of nitrogens with one attached hydrogen (secondary N) is 2. The number of amides is 3. The van der Waals surface area contributed by atoms with E-state index in [4.69, 9.17) is 0 Å². The fourth-order valence-electron chi connectivity index (χ4n) is 3.10. The minimum atomic E-state index is -0.0170. The fraction of sp³-hybridized carbons (Fsp3) is 0.722. The Labute approximate surface area is 150 Å². The van der Waals surface area contributed by atoms with Gasteiger partial charge in [-0.15, -0.1) is 0 Å². The van der Waals surface area contributed by atoms with Crippen LogP contribution in [-0.4, -0.2) is 46.3 Å². The topological polar surface area (TPSA) is 79.3 Å². The summed E-state index contributed by atoms with van der Waals surface area (Å²) in [7, 11) is 0.